The van der Waals surface area contributed by atoms with Crippen molar-refractivity contribution in [2.75, 3.05) is 26.3 Å². The van der Waals surface area contributed by atoms with Gasteiger partial charge >= 0.3 is 0 Å². The number of piperidine rings is 1. The van der Waals surface area contributed by atoms with Crippen LogP contribution in [0.15, 0.2) is 23.1 Å². The average molecular weight is 311 g/mol. The maximum atomic E-state index is 12.9. The molecular formula is C15H21NO4S. The van der Waals surface area contributed by atoms with Crippen LogP contribution in [0, 0.1) is 13.8 Å². The molecular weight excluding hydrogens is 290 g/mol. The van der Waals surface area contributed by atoms with Gasteiger partial charge in [0.1, 0.15) is 0 Å². The standard InChI is InChI=1S/C15H21NO4S/c1-12-4-5-14(13(2)10-12)21(17,18)16-7-3-6-15(11-16)19-8-9-20-15/h4-5,10H,3,6-9,11H2,1-2H3. The number of benzene rings is 1. The molecule has 0 saturated carbocycles. The van der Waals surface area contributed by atoms with Crippen molar-refractivity contribution in [3.05, 3.63) is 29.3 Å². The molecule has 2 aliphatic heterocycles. The number of sulfonamides is 1. The lowest BCUT2D eigenvalue weighted by atomic mass is 10.1. The van der Waals surface area contributed by atoms with Crippen molar-refractivity contribution in [1.82, 2.24) is 4.31 Å². The van der Waals surface area contributed by atoms with Crippen LogP contribution in [0.1, 0.15) is 24.0 Å². The summed E-state index contributed by atoms with van der Waals surface area (Å²) in [6, 6.07) is 5.43. The number of aryl methyl sites for hydroxylation is 2. The summed E-state index contributed by atoms with van der Waals surface area (Å²) in [5, 5.41) is 0. The van der Waals surface area contributed by atoms with Crippen LogP contribution >= 0.6 is 0 Å². The van der Waals surface area contributed by atoms with Crippen LogP contribution in [0.5, 0.6) is 0 Å². The van der Waals surface area contributed by atoms with Crippen LogP contribution < -0.4 is 0 Å². The van der Waals surface area contributed by atoms with E-state index in [1.807, 2.05) is 26.0 Å². The molecule has 21 heavy (non-hydrogen) atoms. The lowest BCUT2D eigenvalue weighted by Crippen LogP contribution is -2.51. The normalized spacial score (nSPS) is 22.8. The number of ether oxygens (including phenoxy) is 2. The van der Waals surface area contributed by atoms with E-state index in [9.17, 15) is 8.42 Å². The smallest absolute Gasteiger partial charge is 0.243 e. The fourth-order valence-electron chi connectivity index (χ4n) is 3.12. The molecule has 0 amide bonds. The summed E-state index contributed by atoms with van der Waals surface area (Å²) < 4.78 is 38.6. The molecule has 0 atom stereocenters. The minimum atomic E-state index is -3.50. The molecule has 2 heterocycles. The van der Waals surface area contributed by atoms with Crippen molar-refractivity contribution in [3.8, 4) is 0 Å². The Balaban J connectivity index is 1.90. The zero-order valence-corrected chi connectivity index (χ0v) is 13.3. The zero-order chi connectivity index (χ0) is 15.1. The van der Waals surface area contributed by atoms with Crippen LogP contribution in [0.3, 0.4) is 0 Å². The fourth-order valence-corrected chi connectivity index (χ4v) is 4.84. The van der Waals surface area contributed by atoms with E-state index in [-0.39, 0.29) is 6.54 Å². The Hall–Kier alpha value is -0.950. The van der Waals surface area contributed by atoms with Gasteiger partial charge in [0.2, 0.25) is 10.0 Å². The van der Waals surface area contributed by atoms with E-state index in [1.165, 1.54) is 4.31 Å². The van der Waals surface area contributed by atoms with Gasteiger partial charge in [-0.2, -0.15) is 4.31 Å². The summed E-state index contributed by atoms with van der Waals surface area (Å²) in [7, 11) is -3.50. The fraction of sp³-hybridized carbons (Fsp3) is 0.600. The third-order valence-corrected chi connectivity index (χ3v) is 6.15. The quantitative estimate of drug-likeness (QED) is 0.836. The van der Waals surface area contributed by atoms with Crippen LogP contribution in [-0.4, -0.2) is 44.8 Å². The van der Waals surface area contributed by atoms with E-state index in [4.69, 9.17) is 9.47 Å². The van der Waals surface area contributed by atoms with Gasteiger partial charge in [0.25, 0.3) is 0 Å². The zero-order valence-electron chi connectivity index (χ0n) is 12.5. The molecule has 1 spiro atoms. The Morgan fingerprint density at radius 1 is 1.19 bits per heavy atom. The van der Waals surface area contributed by atoms with Crippen molar-refractivity contribution in [2.24, 2.45) is 0 Å². The minimum absolute atomic E-state index is 0.280. The second kappa shape index (κ2) is 5.35. The molecule has 0 aliphatic carbocycles. The van der Waals surface area contributed by atoms with Crippen molar-refractivity contribution in [2.45, 2.75) is 37.4 Å². The Morgan fingerprint density at radius 2 is 1.90 bits per heavy atom. The van der Waals surface area contributed by atoms with E-state index >= 15 is 0 Å². The monoisotopic (exact) mass is 311 g/mol. The second-order valence-electron chi connectivity index (χ2n) is 5.82. The Morgan fingerprint density at radius 3 is 2.57 bits per heavy atom. The molecule has 0 unspecified atom stereocenters. The van der Waals surface area contributed by atoms with Gasteiger partial charge in [-0.3, -0.25) is 0 Å². The predicted octanol–water partition coefficient (Wildman–Crippen LogP) is 1.83. The number of rotatable bonds is 2. The molecule has 2 fully saturated rings. The summed E-state index contributed by atoms with van der Waals surface area (Å²) >= 11 is 0. The highest BCUT2D eigenvalue weighted by molar-refractivity contribution is 7.89. The Kier molecular flexibility index (Phi) is 3.81. The van der Waals surface area contributed by atoms with Gasteiger partial charge in [-0.25, -0.2) is 8.42 Å². The first-order valence-corrected chi connectivity index (χ1v) is 8.72. The molecule has 3 rings (SSSR count). The molecule has 2 saturated heterocycles. The molecule has 6 heteroatoms. The van der Waals surface area contributed by atoms with Crippen LogP contribution in [0.25, 0.3) is 0 Å². The van der Waals surface area contributed by atoms with E-state index < -0.39 is 15.8 Å². The van der Waals surface area contributed by atoms with E-state index in [2.05, 4.69) is 0 Å². The first-order chi connectivity index (χ1) is 9.93. The minimum Gasteiger partial charge on any atom is -0.346 e. The maximum absolute atomic E-state index is 12.9. The molecule has 0 N–H and O–H groups in total. The molecule has 116 valence electrons. The van der Waals surface area contributed by atoms with Gasteiger partial charge in [0, 0.05) is 13.0 Å². The van der Waals surface area contributed by atoms with Gasteiger partial charge in [0.05, 0.1) is 24.7 Å². The number of hydrogen-bond donors (Lipinski definition) is 0. The SMILES string of the molecule is Cc1ccc(S(=O)(=O)N2CCCC3(C2)OCCO3)c(C)c1. The van der Waals surface area contributed by atoms with Crippen molar-refractivity contribution in [3.63, 3.8) is 0 Å². The molecule has 1 aromatic carbocycles. The topological polar surface area (TPSA) is 55.8 Å². The third-order valence-electron chi connectivity index (χ3n) is 4.14. The molecule has 0 radical (unpaired) electrons. The van der Waals surface area contributed by atoms with E-state index in [1.54, 1.807) is 6.07 Å². The van der Waals surface area contributed by atoms with Gasteiger partial charge in [0.15, 0.2) is 5.79 Å². The summed E-state index contributed by atoms with van der Waals surface area (Å²) in [5.41, 5.74) is 1.84. The lowest BCUT2D eigenvalue weighted by molar-refractivity contribution is -0.179. The second-order valence-corrected chi connectivity index (χ2v) is 7.73. The predicted molar refractivity (Wildman–Crippen MR) is 78.5 cm³/mol. The number of hydrogen-bond acceptors (Lipinski definition) is 4. The molecule has 5 nitrogen and oxygen atoms in total. The maximum Gasteiger partial charge on any atom is 0.243 e. The highest BCUT2D eigenvalue weighted by atomic mass is 32.2. The first-order valence-electron chi connectivity index (χ1n) is 7.28. The van der Waals surface area contributed by atoms with Crippen molar-refractivity contribution >= 4 is 10.0 Å². The first kappa shape index (κ1) is 15.0. The summed E-state index contributed by atoms with van der Waals surface area (Å²) in [6.45, 7) is 5.67. The highest BCUT2D eigenvalue weighted by Crippen LogP contribution is 2.33. The van der Waals surface area contributed by atoms with Crippen LogP contribution in [-0.2, 0) is 19.5 Å². The molecule has 0 bridgehead atoms. The summed E-state index contributed by atoms with van der Waals surface area (Å²) in [4.78, 5) is 0.378. The number of nitrogens with zero attached hydrogens (tertiary/aromatic N) is 1. The lowest BCUT2D eigenvalue weighted by Gasteiger charge is -2.37. The Labute approximate surface area is 125 Å². The largest absolute Gasteiger partial charge is 0.346 e. The van der Waals surface area contributed by atoms with Gasteiger partial charge in [-0.1, -0.05) is 17.7 Å². The molecule has 1 aromatic rings. The Bertz CT molecular complexity index is 635. The van der Waals surface area contributed by atoms with E-state index in [0.29, 0.717) is 24.7 Å². The van der Waals surface area contributed by atoms with Crippen molar-refractivity contribution in [1.29, 1.82) is 0 Å². The van der Waals surface area contributed by atoms with Gasteiger partial charge < -0.3 is 9.47 Å². The highest BCUT2D eigenvalue weighted by Gasteiger charge is 2.44. The summed E-state index contributed by atoms with van der Waals surface area (Å²) in [6.07, 6.45) is 1.51. The average Bonchev–Trinajstić information content (AvgIpc) is 2.86. The third kappa shape index (κ3) is 2.73. The van der Waals surface area contributed by atoms with Crippen molar-refractivity contribution < 1.29 is 17.9 Å². The van der Waals surface area contributed by atoms with Crippen LogP contribution in [0.4, 0.5) is 0 Å². The van der Waals surface area contributed by atoms with Crippen LogP contribution in [0.2, 0.25) is 0 Å². The molecule has 2 aliphatic rings. The summed E-state index contributed by atoms with van der Waals surface area (Å²) in [5.74, 6) is -0.732. The van der Waals surface area contributed by atoms with Gasteiger partial charge in [-0.15, -0.1) is 0 Å². The van der Waals surface area contributed by atoms with E-state index in [0.717, 1.165) is 24.0 Å². The molecule has 0 aromatic heterocycles. The van der Waals surface area contributed by atoms with Gasteiger partial charge in [-0.05, 0) is 31.9 Å².